The highest BCUT2D eigenvalue weighted by Gasteiger charge is 2.48. The molecule has 2 atom stereocenters. The minimum atomic E-state index is -0.951. The molecule has 2 unspecified atom stereocenters. The Kier molecular flexibility index (Phi) is 3.21. The second-order valence-corrected chi connectivity index (χ2v) is 4.49. The SMILES string of the molecule is N#Cc1ccc(NC(=O)C2CC2C(=O)O)cc1Cl. The van der Waals surface area contributed by atoms with Gasteiger partial charge >= 0.3 is 5.97 Å². The van der Waals surface area contributed by atoms with Crippen molar-refractivity contribution >= 4 is 29.2 Å². The summed E-state index contributed by atoms with van der Waals surface area (Å²) in [5.41, 5.74) is 0.782. The van der Waals surface area contributed by atoms with E-state index < -0.39 is 17.8 Å². The molecular weight excluding hydrogens is 256 g/mol. The Bertz CT molecular complexity index is 565. The fourth-order valence-electron chi connectivity index (χ4n) is 1.68. The zero-order chi connectivity index (χ0) is 13.3. The lowest BCUT2D eigenvalue weighted by molar-refractivity contribution is -0.139. The van der Waals surface area contributed by atoms with Gasteiger partial charge < -0.3 is 10.4 Å². The smallest absolute Gasteiger partial charge is 0.307 e. The van der Waals surface area contributed by atoms with Crippen molar-refractivity contribution in [2.24, 2.45) is 11.8 Å². The first kappa shape index (κ1) is 12.4. The number of halogens is 1. The summed E-state index contributed by atoms with van der Waals surface area (Å²) in [5, 5.41) is 20.2. The van der Waals surface area contributed by atoms with E-state index in [1.807, 2.05) is 6.07 Å². The molecule has 5 nitrogen and oxygen atoms in total. The molecular formula is C12H9ClN2O3. The van der Waals surface area contributed by atoms with Crippen LogP contribution in [0.2, 0.25) is 5.02 Å². The lowest BCUT2D eigenvalue weighted by Crippen LogP contribution is -2.16. The van der Waals surface area contributed by atoms with Gasteiger partial charge in [0.2, 0.25) is 5.91 Å². The van der Waals surface area contributed by atoms with Crippen molar-refractivity contribution in [3.63, 3.8) is 0 Å². The number of aliphatic carboxylic acids is 1. The lowest BCUT2D eigenvalue weighted by Gasteiger charge is -2.05. The summed E-state index contributed by atoms with van der Waals surface area (Å²) in [7, 11) is 0. The maximum absolute atomic E-state index is 11.7. The van der Waals surface area contributed by atoms with E-state index in [0.717, 1.165) is 0 Å². The van der Waals surface area contributed by atoms with Crippen LogP contribution in [0.4, 0.5) is 5.69 Å². The van der Waals surface area contributed by atoms with Gasteiger partial charge in [0.25, 0.3) is 0 Å². The number of benzene rings is 1. The molecule has 92 valence electrons. The molecule has 0 heterocycles. The molecule has 0 bridgehead atoms. The third-order valence-corrected chi connectivity index (χ3v) is 3.11. The van der Waals surface area contributed by atoms with E-state index in [0.29, 0.717) is 17.7 Å². The first-order valence-electron chi connectivity index (χ1n) is 5.26. The van der Waals surface area contributed by atoms with Crippen LogP contribution in [0.15, 0.2) is 18.2 Å². The summed E-state index contributed by atoms with van der Waals surface area (Å²) in [6, 6.07) is 6.43. The zero-order valence-electron chi connectivity index (χ0n) is 9.18. The molecule has 0 radical (unpaired) electrons. The van der Waals surface area contributed by atoms with E-state index in [1.165, 1.54) is 12.1 Å². The third kappa shape index (κ3) is 2.44. The summed E-state index contributed by atoms with van der Waals surface area (Å²) in [4.78, 5) is 22.3. The number of carbonyl (C=O) groups is 2. The normalized spacial score (nSPS) is 20.9. The number of amides is 1. The molecule has 1 aliphatic rings. The molecule has 0 aliphatic heterocycles. The van der Waals surface area contributed by atoms with Crippen LogP contribution in [0, 0.1) is 23.2 Å². The number of carbonyl (C=O) groups excluding carboxylic acids is 1. The Hall–Kier alpha value is -2.06. The number of nitrogens with zero attached hydrogens (tertiary/aromatic N) is 1. The highest BCUT2D eigenvalue weighted by molar-refractivity contribution is 6.32. The average molecular weight is 265 g/mol. The highest BCUT2D eigenvalue weighted by Crippen LogP contribution is 2.39. The molecule has 18 heavy (non-hydrogen) atoms. The van der Waals surface area contributed by atoms with Gasteiger partial charge in [0.15, 0.2) is 0 Å². The van der Waals surface area contributed by atoms with Crippen molar-refractivity contribution in [2.45, 2.75) is 6.42 Å². The third-order valence-electron chi connectivity index (χ3n) is 2.80. The first-order chi connectivity index (χ1) is 8.52. The number of hydrogen-bond donors (Lipinski definition) is 2. The van der Waals surface area contributed by atoms with E-state index in [2.05, 4.69) is 5.32 Å². The van der Waals surface area contributed by atoms with E-state index in [9.17, 15) is 9.59 Å². The summed E-state index contributed by atoms with van der Waals surface area (Å²) >= 11 is 5.82. The minimum Gasteiger partial charge on any atom is -0.481 e. The van der Waals surface area contributed by atoms with E-state index >= 15 is 0 Å². The van der Waals surface area contributed by atoms with Crippen LogP contribution in [0.3, 0.4) is 0 Å². The largest absolute Gasteiger partial charge is 0.481 e. The van der Waals surface area contributed by atoms with Crippen LogP contribution < -0.4 is 5.32 Å². The van der Waals surface area contributed by atoms with Gasteiger partial charge in [0, 0.05) is 5.69 Å². The van der Waals surface area contributed by atoms with Crippen molar-refractivity contribution in [1.82, 2.24) is 0 Å². The summed E-state index contributed by atoms with van der Waals surface area (Å²) < 4.78 is 0. The van der Waals surface area contributed by atoms with Crippen LogP contribution in [0.25, 0.3) is 0 Å². The van der Waals surface area contributed by atoms with Crippen molar-refractivity contribution in [2.75, 3.05) is 5.32 Å². The quantitative estimate of drug-likeness (QED) is 0.872. The molecule has 1 amide bonds. The molecule has 0 spiro atoms. The van der Waals surface area contributed by atoms with Crippen LogP contribution in [-0.2, 0) is 9.59 Å². The molecule has 0 saturated heterocycles. The van der Waals surface area contributed by atoms with Crippen LogP contribution in [0.5, 0.6) is 0 Å². The van der Waals surface area contributed by atoms with Crippen LogP contribution in [0.1, 0.15) is 12.0 Å². The van der Waals surface area contributed by atoms with Gasteiger partial charge in [-0.25, -0.2) is 0 Å². The number of carboxylic acids is 1. The van der Waals surface area contributed by atoms with Gasteiger partial charge in [0.1, 0.15) is 6.07 Å². The van der Waals surface area contributed by atoms with Crippen molar-refractivity contribution in [3.05, 3.63) is 28.8 Å². The second-order valence-electron chi connectivity index (χ2n) is 4.08. The standard InChI is InChI=1S/C12H9ClN2O3/c13-10-3-7(2-1-6(10)5-14)15-11(16)8-4-9(8)12(17)18/h1-3,8-9H,4H2,(H,15,16)(H,17,18). The predicted molar refractivity (Wildman–Crippen MR) is 64.0 cm³/mol. The Morgan fingerprint density at radius 2 is 2.17 bits per heavy atom. The van der Waals surface area contributed by atoms with E-state index in [-0.39, 0.29) is 10.9 Å². The molecule has 1 saturated carbocycles. The fourth-order valence-corrected chi connectivity index (χ4v) is 1.90. The molecule has 1 aromatic carbocycles. The number of carboxylic acid groups (broad SMARTS) is 1. The van der Waals surface area contributed by atoms with Gasteiger partial charge in [-0.05, 0) is 24.6 Å². The number of nitriles is 1. The predicted octanol–water partition coefficient (Wildman–Crippen LogP) is 1.87. The monoisotopic (exact) mass is 264 g/mol. The van der Waals surface area contributed by atoms with Crippen LogP contribution >= 0.6 is 11.6 Å². The molecule has 6 heteroatoms. The van der Waals surface area contributed by atoms with Crippen molar-refractivity contribution < 1.29 is 14.7 Å². The number of nitrogens with one attached hydrogen (secondary N) is 1. The van der Waals surface area contributed by atoms with Gasteiger partial charge in [-0.1, -0.05) is 11.6 Å². The highest BCUT2D eigenvalue weighted by atomic mass is 35.5. The molecule has 2 rings (SSSR count). The van der Waals surface area contributed by atoms with E-state index in [1.54, 1.807) is 6.07 Å². The van der Waals surface area contributed by atoms with Gasteiger partial charge in [0.05, 0.1) is 22.4 Å². The molecule has 2 N–H and O–H groups in total. The lowest BCUT2D eigenvalue weighted by atomic mass is 10.2. The molecule has 1 fully saturated rings. The summed E-state index contributed by atoms with van der Waals surface area (Å²) in [5.74, 6) is -2.34. The van der Waals surface area contributed by atoms with Gasteiger partial charge in [-0.15, -0.1) is 0 Å². The Balaban J connectivity index is 2.03. The van der Waals surface area contributed by atoms with E-state index in [4.69, 9.17) is 22.0 Å². The fraction of sp³-hybridized carbons (Fsp3) is 0.250. The molecule has 1 aliphatic carbocycles. The maximum Gasteiger partial charge on any atom is 0.307 e. The Labute approximate surface area is 108 Å². The maximum atomic E-state index is 11.7. The Morgan fingerprint density at radius 3 is 2.67 bits per heavy atom. The van der Waals surface area contributed by atoms with Crippen molar-refractivity contribution in [1.29, 1.82) is 5.26 Å². The summed E-state index contributed by atoms with van der Waals surface area (Å²) in [6.07, 6.45) is 0.366. The number of anilines is 1. The minimum absolute atomic E-state index is 0.251. The number of rotatable bonds is 3. The van der Waals surface area contributed by atoms with Gasteiger partial charge in [-0.2, -0.15) is 5.26 Å². The van der Waals surface area contributed by atoms with Crippen LogP contribution in [-0.4, -0.2) is 17.0 Å². The second kappa shape index (κ2) is 4.67. The molecule has 0 aromatic heterocycles. The van der Waals surface area contributed by atoms with Crippen molar-refractivity contribution in [3.8, 4) is 6.07 Å². The molecule has 1 aromatic rings. The summed E-state index contributed by atoms with van der Waals surface area (Å²) in [6.45, 7) is 0. The zero-order valence-corrected chi connectivity index (χ0v) is 9.94. The number of hydrogen-bond acceptors (Lipinski definition) is 3. The van der Waals surface area contributed by atoms with Gasteiger partial charge in [-0.3, -0.25) is 9.59 Å². The average Bonchev–Trinajstić information content (AvgIpc) is 3.09. The first-order valence-corrected chi connectivity index (χ1v) is 5.64. The topological polar surface area (TPSA) is 90.2 Å². The Morgan fingerprint density at radius 1 is 1.44 bits per heavy atom.